The fourth-order valence-electron chi connectivity index (χ4n) is 3.25. The van der Waals surface area contributed by atoms with E-state index in [4.69, 9.17) is 4.74 Å². The summed E-state index contributed by atoms with van der Waals surface area (Å²) in [6.45, 7) is 0.363. The van der Waals surface area contributed by atoms with E-state index in [9.17, 15) is 14.4 Å². The molecule has 0 unspecified atom stereocenters. The average molecular weight is 419 g/mol. The predicted molar refractivity (Wildman–Crippen MR) is 115 cm³/mol. The second-order valence-corrected chi connectivity index (χ2v) is 6.95. The number of fused-ring (bicyclic) bond motifs is 1. The third-order valence-electron chi connectivity index (χ3n) is 4.78. The third kappa shape index (κ3) is 4.89. The van der Waals surface area contributed by atoms with Gasteiger partial charge in [0.05, 0.1) is 24.1 Å². The number of ether oxygens (including phenoxy) is 1. The topological polar surface area (TPSA) is 125 Å². The van der Waals surface area contributed by atoms with Crippen molar-refractivity contribution in [1.29, 1.82) is 0 Å². The van der Waals surface area contributed by atoms with E-state index >= 15 is 0 Å². The van der Waals surface area contributed by atoms with Gasteiger partial charge in [-0.2, -0.15) is 5.10 Å². The number of rotatable bonds is 6. The SMILES string of the molecule is O=C1CCc2cc(OCCNC(=O)C(=O)Nc3cn[nH]c3-c3ccccc3)ccc2N1. The number of aromatic nitrogens is 2. The molecule has 4 rings (SSSR count). The number of aryl methyl sites for hydroxylation is 1. The molecule has 0 atom stereocenters. The van der Waals surface area contributed by atoms with Crippen LogP contribution in [0.25, 0.3) is 11.3 Å². The molecule has 158 valence electrons. The first-order valence-electron chi connectivity index (χ1n) is 9.84. The van der Waals surface area contributed by atoms with Crippen molar-refractivity contribution in [3.05, 3.63) is 60.3 Å². The number of nitrogens with zero attached hydrogens (tertiary/aromatic N) is 1. The molecule has 3 aromatic rings. The Balaban J connectivity index is 1.25. The highest BCUT2D eigenvalue weighted by atomic mass is 16.5. The lowest BCUT2D eigenvalue weighted by atomic mass is 10.0. The summed E-state index contributed by atoms with van der Waals surface area (Å²) in [5, 5.41) is 14.7. The number of carbonyl (C=O) groups is 3. The smallest absolute Gasteiger partial charge is 0.313 e. The van der Waals surface area contributed by atoms with Crippen molar-refractivity contribution in [2.45, 2.75) is 12.8 Å². The Kier molecular flexibility index (Phi) is 5.93. The van der Waals surface area contributed by atoms with E-state index in [2.05, 4.69) is 26.1 Å². The fraction of sp³-hybridized carbons (Fsp3) is 0.182. The van der Waals surface area contributed by atoms with Gasteiger partial charge in [-0.15, -0.1) is 0 Å². The van der Waals surface area contributed by atoms with Crippen LogP contribution in [0.4, 0.5) is 11.4 Å². The number of hydrogen-bond acceptors (Lipinski definition) is 5. The van der Waals surface area contributed by atoms with Crippen LogP contribution in [0, 0.1) is 0 Å². The van der Waals surface area contributed by atoms with E-state index in [-0.39, 0.29) is 19.1 Å². The molecule has 9 nitrogen and oxygen atoms in total. The molecule has 2 heterocycles. The Morgan fingerprint density at radius 3 is 2.74 bits per heavy atom. The minimum atomic E-state index is -0.789. The molecule has 0 aliphatic carbocycles. The zero-order valence-electron chi connectivity index (χ0n) is 16.6. The molecule has 2 aromatic carbocycles. The van der Waals surface area contributed by atoms with Gasteiger partial charge >= 0.3 is 11.8 Å². The monoisotopic (exact) mass is 419 g/mol. The molecule has 9 heteroatoms. The van der Waals surface area contributed by atoms with Gasteiger partial charge in [-0.25, -0.2) is 0 Å². The highest BCUT2D eigenvalue weighted by molar-refractivity contribution is 6.39. The van der Waals surface area contributed by atoms with Crippen molar-refractivity contribution in [2.24, 2.45) is 0 Å². The van der Waals surface area contributed by atoms with Crippen LogP contribution < -0.4 is 20.7 Å². The normalized spacial score (nSPS) is 12.5. The first-order chi connectivity index (χ1) is 15.1. The van der Waals surface area contributed by atoms with Crippen LogP contribution in [0.15, 0.2) is 54.7 Å². The van der Waals surface area contributed by atoms with Crippen LogP contribution in [0.5, 0.6) is 5.75 Å². The van der Waals surface area contributed by atoms with Crippen LogP contribution in [0.1, 0.15) is 12.0 Å². The molecular formula is C22H21N5O4. The average Bonchev–Trinajstić information content (AvgIpc) is 3.25. The maximum Gasteiger partial charge on any atom is 0.313 e. The fourth-order valence-corrected chi connectivity index (χ4v) is 3.25. The summed E-state index contributed by atoms with van der Waals surface area (Å²) in [6, 6.07) is 14.8. The molecule has 1 aliphatic rings. The standard InChI is InChI=1S/C22H21N5O4/c28-19-9-6-15-12-16(7-8-17(15)25-19)31-11-10-23-21(29)22(30)26-18-13-24-27-20(18)14-4-2-1-3-5-14/h1-5,7-8,12-13H,6,9-11H2,(H,23,29)(H,24,27)(H,25,28)(H,26,30). The Bertz CT molecular complexity index is 1110. The van der Waals surface area contributed by atoms with Crippen LogP contribution in [0.2, 0.25) is 0 Å². The van der Waals surface area contributed by atoms with Gasteiger partial charge in [0.15, 0.2) is 0 Å². The summed E-state index contributed by atoms with van der Waals surface area (Å²) >= 11 is 0. The molecule has 1 aliphatic heterocycles. The van der Waals surface area contributed by atoms with Gasteiger partial charge in [0.1, 0.15) is 12.4 Å². The molecule has 31 heavy (non-hydrogen) atoms. The number of H-pyrrole nitrogens is 1. The predicted octanol–water partition coefficient (Wildman–Crippen LogP) is 2.10. The Labute approximate surface area is 178 Å². The highest BCUT2D eigenvalue weighted by Crippen LogP contribution is 2.27. The second kappa shape index (κ2) is 9.12. The maximum absolute atomic E-state index is 12.2. The van der Waals surface area contributed by atoms with Crippen molar-refractivity contribution in [2.75, 3.05) is 23.8 Å². The Morgan fingerprint density at radius 2 is 1.90 bits per heavy atom. The zero-order valence-corrected chi connectivity index (χ0v) is 16.6. The molecule has 1 aromatic heterocycles. The number of anilines is 2. The van der Waals surface area contributed by atoms with E-state index in [1.165, 1.54) is 6.20 Å². The van der Waals surface area contributed by atoms with Crippen LogP contribution in [-0.4, -0.2) is 41.1 Å². The maximum atomic E-state index is 12.2. The van der Waals surface area contributed by atoms with Crippen LogP contribution in [-0.2, 0) is 20.8 Å². The molecule has 0 radical (unpaired) electrons. The quantitative estimate of drug-likeness (QED) is 0.360. The summed E-state index contributed by atoms with van der Waals surface area (Å²) < 4.78 is 5.64. The summed E-state index contributed by atoms with van der Waals surface area (Å²) in [5.41, 5.74) is 3.68. The Hall–Kier alpha value is -4.14. The van der Waals surface area contributed by atoms with E-state index in [0.717, 1.165) is 16.8 Å². The number of amides is 3. The van der Waals surface area contributed by atoms with E-state index < -0.39 is 11.8 Å². The number of carbonyl (C=O) groups excluding carboxylic acids is 3. The lowest BCUT2D eigenvalue weighted by molar-refractivity contribution is -0.136. The lowest BCUT2D eigenvalue weighted by Gasteiger charge is -2.17. The van der Waals surface area contributed by atoms with Crippen molar-refractivity contribution >= 4 is 29.1 Å². The van der Waals surface area contributed by atoms with Crippen molar-refractivity contribution in [3.8, 4) is 17.0 Å². The molecule has 0 saturated carbocycles. The van der Waals surface area contributed by atoms with E-state index in [1.807, 2.05) is 36.4 Å². The van der Waals surface area contributed by atoms with E-state index in [0.29, 0.717) is 30.0 Å². The number of nitrogens with one attached hydrogen (secondary N) is 4. The minimum absolute atomic E-state index is 0.00784. The number of benzene rings is 2. The molecular weight excluding hydrogens is 398 g/mol. The van der Waals surface area contributed by atoms with Crippen LogP contribution >= 0.6 is 0 Å². The molecule has 0 bridgehead atoms. The van der Waals surface area contributed by atoms with Crippen molar-refractivity contribution < 1.29 is 19.1 Å². The first kappa shape index (κ1) is 20.1. The molecule has 3 amide bonds. The van der Waals surface area contributed by atoms with Gasteiger partial charge in [0.25, 0.3) is 0 Å². The largest absolute Gasteiger partial charge is 0.492 e. The summed E-state index contributed by atoms with van der Waals surface area (Å²) in [7, 11) is 0. The van der Waals surface area contributed by atoms with Gasteiger partial charge in [-0.05, 0) is 30.2 Å². The lowest BCUT2D eigenvalue weighted by Crippen LogP contribution is -2.37. The number of aromatic amines is 1. The van der Waals surface area contributed by atoms with Gasteiger partial charge < -0.3 is 20.7 Å². The Morgan fingerprint density at radius 1 is 1.06 bits per heavy atom. The molecule has 0 saturated heterocycles. The summed E-state index contributed by atoms with van der Waals surface area (Å²) in [6.07, 6.45) is 2.56. The number of hydrogen-bond donors (Lipinski definition) is 4. The molecule has 0 fully saturated rings. The van der Waals surface area contributed by atoms with Gasteiger partial charge in [-0.3, -0.25) is 19.5 Å². The van der Waals surface area contributed by atoms with E-state index in [1.54, 1.807) is 12.1 Å². The second-order valence-electron chi connectivity index (χ2n) is 6.95. The van der Waals surface area contributed by atoms with Gasteiger partial charge in [0.2, 0.25) is 5.91 Å². The van der Waals surface area contributed by atoms with Gasteiger partial charge in [-0.1, -0.05) is 30.3 Å². The van der Waals surface area contributed by atoms with Crippen molar-refractivity contribution in [1.82, 2.24) is 15.5 Å². The van der Waals surface area contributed by atoms with Gasteiger partial charge in [0, 0.05) is 17.7 Å². The molecule has 4 N–H and O–H groups in total. The summed E-state index contributed by atoms with van der Waals surface area (Å²) in [4.78, 5) is 35.7. The van der Waals surface area contributed by atoms with Crippen molar-refractivity contribution in [3.63, 3.8) is 0 Å². The minimum Gasteiger partial charge on any atom is -0.492 e. The first-order valence-corrected chi connectivity index (χ1v) is 9.84. The highest BCUT2D eigenvalue weighted by Gasteiger charge is 2.17. The van der Waals surface area contributed by atoms with Crippen LogP contribution in [0.3, 0.4) is 0 Å². The zero-order chi connectivity index (χ0) is 21.6. The summed E-state index contributed by atoms with van der Waals surface area (Å²) in [5.74, 6) is -0.909. The third-order valence-corrected chi connectivity index (χ3v) is 4.78. The molecule has 0 spiro atoms.